The largest absolute Gasteiger partial charge is 0.358 e. The normalized spacial score (nSPS) is 10.2. The Bertz CT molecular complexity index is 422. The molecule has 0 saturated heterocycles. The molecule has 0 unspecified atom stereocenters. The number of pyridine rings is 1. The van der Waals surface area contributed by atoms with Gasteiger partial charge in [-0.3, -0.25) is 14.5 Å². The van der Waals surface area contributed by atoms with Crippen molar-refractivity contribution < 1.29 is 9.59 Å². The molecule has 1 heterocycles. The van der Waals surface area contributed by atoms with Gasteiger partial charge in [-0.1, -0.05) is 11.6 Å². The standard InChI is InChI=1S/C11H15ClN4O2/c1-13-10(17)6-16(2)7-11(18)15-9-4-3-8(12)5-14-9/h3-5H,6-7H2,1-2H3,(H,13,17)(H,14,15,18). The number of hydrogen-bond acceptors (Lipinski definition) is 4. The third kappa shape index (κ3) is 5.11. The summed E-state index contributed by atoms with van der Waals surface area (Å²) in [5.41, 5.74) is 0. The van der Waals surface area contributed by atoms with E-state index in [2.05, 4.69) is 15.6 Å². The van der Waals surface area contributed by atoms with Gasteiger partial charge in [0.25, 0.3) is 0 Å². The number of amides is 2. The maximum Gasteiger partial charge on any atom is 0.239 e. The lowest BCUT2D eigenvalue weighted by Gasteiger charge is -2.14. The highest BCUT2D eigenvalue weighted by atomic mass is 35.5. The molecule has 0 saturated carbocycles. The number of nitrogens with one attached hydrogen (secondary N) is 2. The van der Waals surface area contributed by atoms with Crippen molar-refractivity contribution in [1.82, 2.24) is 15.2 Å². The number of halogens is 1. The molecule has 0 spiro atoms. The van der Waals surface area contributed by atoms with Gasteiger partial charge in [-0.25, -0.2) is 4.98 Å². The molecule has 2 N–H and O–H groups in total. The van der Waals surface area contributed by atoms with Crippen LogP contribution in [0.25, 0.3) is 0 Å². The van der Waals surface area contributed by atoms with E-state index in [1.807, 2.05) is 0 Å². The highest BCUT2D eigenvalue weighted by molar-refractivity contribution is 6.30. The lowest BCUT2D eigenvalue weighted by molar-refractivity contribution is -0.122. The van der Waals surface area contributed by atoms with Crippen LogP contribution in [-0.4, -0.2) is 48.9 Å². The summed E-state index contributed by atoms with van der Waals surface area (Å²) < 4.78 is 0. The first-order valence-corrected chi connectivity index (χ1v) is 5.69. The van der Waals surface area contributed by atoms with Crippen molar-refractivity contribution in [2.75, 3.05) is 32.5 Å². The second kappa shape index (κ2) is 6.93. The predicted octanol–water partition coefficient (Wildman–Crippen LogP) is 0.351. The van der Waals surface area contributed by atoms with Gasteiger partial charge in [0.05, 0.1) is 18.1 Å². The average Bonchev–Trinajstić information content (AvgIpc) is 2.31. The fraction of sp³-hybridized carbons (Fsp3) is 0.364. The Balaban J connectivity index is 2.41. The topological polar surface area (TPSA) is 74.3 Å². The first-order chi connectivity index (χ1) is 8.51. The second-order valence-electron chi connectivity index (χ2n) is 3.76. The highest BCUT2D eigenvalue weighted by Crippen LogP contribution is 2.09. The van der Waals surface area contributed by atoms with Gasteiger partial charge >= 0.3 is 0 Å². The lowest BCUT2D eigenvalue weighted by Crippen LogP contribution is -2.37. The van der Waals surface area contributed by atoms with Crippen LogP contribution in [0.2, 0.25) is 5.02 Å². The van der Waals surface area contributed by atoms with Gasteiger partial charge in [0.15, 0.2) is 0 Å². The zero-order valence-electron chi connectivity index (χ0n) is 10.2. The Hall–Kier alpha value is -1.66. The molecule has 98 valence electrons. The van der Waals surface area contributed by atoms with Crippen LogP contribution in [0.15, 0.2) is 18.3 Å². The van der Waals surface area contributed by atoms with Gasteiger partial charge in [-0.05, 0) is 19.2 Å². The molecular weight excluding hydrogens is 256 g/mol. The summed E-state index contributed by atoms with van der Waals surface area (Å²) in [6, 6.07) is 3.25. The van der Waals surface area contributed by atoms with E-state index in [1.165, 1.54) is 6.20 Å². The number of carbonyl (C=O) groups is 2. The second-order valence-corrected chi connectivity index (χ2v) is 4.19. The van der Waals surface area contributed by atoms with E-state index < -0.39 is 0 Å². The van der Waals surface area contributed by atoms with E-state index in [-0.39, 0.29) is 24.9 Å². The zero-order valence-corrected chi connectivity index (χ0v) is 11.0. The number of aromatic nitrogens is 1. The summed E-state index contributed by atoms with van der Waals surface area (Å²) >= 11 is 5.68. The third-order valence-electron chi connectivity index (χ3n) is 2.10. The summed E-state index contributed by atoms with van der Waals surface area (Å²) in [5, 5.41) is 5.60. The van der Waals surface area contributed by atoms with E-state index >= 15 is 0 Å². The molecule has 1 aromatic heterocycles. The van der Waals surface area contributed by atoms with Crippen LogP contribution in [0.3, 0.4) is 0 Å². The Kier molecular flexibility index (Phi) is 5.54. The fourth-order valence-electron chi connectivity index (χ4n) is 1.26. The molecule has 0 aliphatic carbocycles. The van der Waals surface area contributed by atoms with Crippen LogP contribution in [-0.2, 0) is 9.59 Å². The SMILES string of the molecule is CNC(=O)CN(C)CC(=O)Nc1ccc(Cl)cn1. The molecule has 18 heavy (non-hydrogen) atoms. The molecule has 1 aromatic rings. The number of hydrogen-bond donors (Lipinski definition) is 2. The molecule has 7 heteroatoms. The molecule has 0 aliphatic heterocycles. The van der Waals surface area contributed by atoms with E-state index in [0.29, 0.717) is 10.8 Å². The molecule has 2 amide bonds. The van der Waals surface area contributed by atoms with Crippen molar-refractivity contribution in [2.45, 2.75) is 0 Å². The Morgan fingerprint density at radius 3 is 2.56 bits per heavy atom. The Morgan fingerprint density at radius 2 is 2.00 bits per heavy atom. The van der Waals surface area contributed by atoms with Gasteiger partial charge in [0.2, 0.25) is 11.8 Å². The van der Waals surface area contributed by atoms with Crippen LogP contribution in [0, 0.1) is 0 Å². The van der Waals surface area contributed by atoms with Crippen LogP contribution in [0.5, 0.6) is 0 Å². The van der Waals surface area contributed by atoms with Gasteiger partial charge in [0, 0.05) is 13.2 Å². The summed E-state index contributed by atoms with van der Waals surface area (Å²) in [6.45, 7) is 0.274. The molecule has 0 radical (unpaired) electrons. The van der Waals surface area contributed by atoms with Crippen molar-refractivity contribution in [3.63, 3.8) is 0 Å². The number of rotatable bonds is 5. The monoisotopic (exact) mass is 270 g/mol. The number of likely N-dealkylation sites (N-methyl/N-ethyl adjacent to an activating group) is 2. The Morgan fingerprint density at radius 1 is 1.33 bits per heavy atom. The van der Waals surface area contributed by atoms with Gasteiger partial charge in [-0.15, -0.1) is 0 Å². The molecule has 0 atom stereocenters. The molecular formula is C11H15ClN4O2. The molecule has 0 fully saturated rings. The van der Waals surface area contributed by atoms with Crippen molar-refractivity contribution in [2.24, 2.45) is 0 Å². The number of anilines is 1. The van der Waals surface area contributed by atoms with Gasteiger partial charge in [-0.2, -0.15) is 0 Å². The highest BCUT2D eigenvalue weighted by Gasteiger charge is 2.10. The number of carbonyl (C=O) groups excluding carboxylic acids is 2. The van der Waals surface area contributed by atoms with Crippen molar-refractivity contribution in [1.29, 1.82) is 0 Å². The maximum atomic E-state index is 11.6. The van der Waals surface area contributed by atoms with E-state index in [4.69, 9.17) is 11.6 Å². The molecule has 6 nitrogen and oxygen atoms in total. The first-order valence-electron chi connectivity index (χ1n) is 5.32. The summed E-state index contributed by atoms with van der Waals surface area (Å²) in [5.74, 6) is 0.0453. The van der Waals surface area contributed by atoms with Crippen LogP contribution in [0.4, 0.5) is 5.82 Å². The molecule has 1 rings (SSSR count). The van der Waals surface area contributed by atoms with Crippen molar-refractivity contribution in [3.05, 3.63) is 23.4 Å². The molecule has 0 aliphatic rings. The van der Waals surface area contributed by atoms with Crippen LogP contribution >= 0.6 is 11.6 Å². The van der Waals surface area contributed by atoms with Crippen LogP contribution in [0.1, 0.15) is 0 Å². The smallest absolute Gasteiger partial charge is 0.239 e. The van der Waals surface area contributed by atoms with Gasteiger partial charge < -0.3 is 10.6 Å². The summed E-state index contributed by atoms with van der Waals surface area (Å²) in [4.78, 5) is 28.3. The number of nitrogens with zero attached hydrogens (tertiary/aromatic N) is 2. The summed E-state index contributed by atoms with van der Waals surface area (Å²) in [7, 11) is 3.23. The lowest BCUT2D eigenvalue weighted by atomic mass is 10.4. The molecule has 0 aromatic carbocycles. The average molecular weight is 271 g/mol. The van der Waals surface area contributed by atoms with Gasteiger partial charge in [0.1, 0.15) is 5.82 Å². The quantitative estimate of drug-likeness (QED) is 0.810. The van der Waals surface area contributed by atoms with Crippen molar-refractivity contribution >= 4 is 29.2 Å². The zero-order chi connectivity index (χ0) is 13.5. The predicted molar refractivity (Wildman–Crippen MR) is 69.4 cm³/mol. The minimum atomic E-state index is -0.240. The fourth-order valence-corrected chi connectivity index (χ4v) is 1.37. The minimum absolute atomic E-state index is 0.109. The minimum Gasteiger partial charge on any atom is -0.358 e. The Labute approximate surface area is 110 Å². The van der Waals surface area contributed by atoms with E-state index in [0.717, 1.165) is 0 Å². The van der Waals surface area contributed by atoms with Crippen molar-refractivity contribution in [3.8, 4) is 0 Å². The van der Waals surface area contributed by atoms with Crippen LogP contribution < -0.4 is 10.6 Å². The molecule has 0 bridgehead atoms. The first kappa shape index (κ1) is 14.4. The third-order valence-corrected chi connectivity index (χ3v) is 2.32. The van der Waals surface area contributed by atoms with E-state index in [9.17, 15) is 9.59 Å². The maximum absolute atomic E-state index is 11.6. The van der Waals surface area contributed by atoms with E-state index in [1.54, 1.807) is 31.1 Å². The summed E-state index contributed by atoms with van der Waals surface area (Å²) in [6.07, 6.45) is 1.45.